The summed E-state index contributed by atoms with van der Waals surface area (Å²) in [6.07, 6.45) is 5.51. The number of carbonyl (C=O) groups is 1. The van der Waals surface area contributed by atoms with E-state index in [9.17, 15) is 4.79 Å². The number of carbonyl (C=O) groups excluding carboxylic acids is 1. The van der Waals surface area contributed by atoms with Crippen LogP contribution in [-0.2, 0) is 9.47 Å². The summed E-state index contributed by atoms with van der Waals surface area (Å²) in [5.41, 5.74) is -0.431. The molecule has 2 fully saturated rings. The van der Waals surface area contributed by atoms with Gasteiger partial charge in [0.15, 0.2) is 0 Å². The SMILES string of the molecule is CC(CC1CCCCN1C(=O)OC(C)(C)C)NC1CCOC1C. The lowest BCUT2D eigenvalue weighted by molar-refractivity contribution is 0.00759. The summed E-state index contributed by atoms with van der Waals surface area (Å²) in [7, 11) is 0. The van der Waals surface area contributed by atoms with Crippen LogP contribution in [0.3, 0.4) is 0 Å². The maximum atomic E-state index is 12.5. The van der Waals surface area contributed by atoms with Gasteiger partial charge in [0, 0.05) is 31.3 Å². The molecule has 5 nitrogen and oxygen atoms in total. The van der Waals surface area contributed by atoms with Crippen LogP contribution in [-0.4, -0.2) is 54.0 Å². The van der Waals surface area contributed by atoms with Gasteiger partial charge in [-0.25, -0.2) is 4.79 Å². The molecule has 1 N–H and O–H groups in total. The molecule has 4 atom stereocenters. The minimum atomic E-state index is -0.431. The van der Waals surface area contributed by atoms with E-state index in [2.05, 4.69) is 19.2 Å². The first-order valence-corrected chi connectivity index (χ1v) is 9.13. The molecule has 2 heterocycles. The zero-order chi connectivity index (χ0) is 17.0. The van der Waals surface area contributed by atoms with Gasteiger partial charge in [-0.05, 0) is 66.7 Å². The molecule has 0 aliphatic carbocycles. The second kappa shape index (κ2) is 7.84. The van der Waals surface area contributed by atoms with Crippen LogP contribution < -0.4 is 5.32 Å². The van der Waals surface area contributed by atoms with Gasteiger partial charge in [0.25, 0.3) is 0 Å². The number of amides is 1. The highest BCUT2D eigenvalue weighted by Gasteiger charge is 2.32. The third-order valence-electron chi connectivity index (χ3n) is 4.76. The fourth-order valence-electron chi connectivity index (χ4n) is 3.60. The fourth-order valence-corrected chi connectivity index (χ4v) is 3.60. The molecule has 1 amide bonds. The summed E-state index contributed by atoms with van der Waals surface area (Å²) >= 11 is 0. The van der Waals surface area contributed by atoms with E-state index in [1.54, 1.807) is 0 Å². The second-order valence-electron chi connectivity index (χ2n) is 8.10. The van der Waals surface area contributed by atoms with Crippen molar-refractivity contribution in [1.82, 2.24) is 10.2 Å². The Labute approximate surface area is 141 Å². The molecular weight excluding hydrogens is 292 g/mol. The molecule has 0 radical (unpaired) electrons. The highest BCUT2D eigenvalue weighted by Crippen LogP contribution is 2.24. The van der Waals surface area contributed by atoms with Crippen molar-refractivity contribution in [1.29, 1.82) is 0 Å². The van der Waals surface area contributed by atoms with Crippen molar-refractivity contribution < 1.29 is 14.3 Å². The first-order chi connectivity index (χ1) is 10.8. The van der Waals surface area contributed by atoms with Gasteiger partial charge in [0.1, 0.15) is 5.60 Å². The number of piperidine rings is 1. The van der Waals surface area contributed by atoms with Crippen molar-refractivity contribution >= 4 is 6.09 Å². The van der Waals surface area contributed by atoms with Gasteiger partial charge >= 0.3 is 6.09 Å². The number of hydrogen-bond acceptors (Lipinski definition) is 4. The van der Waals surface area contributed by atoms with Crippen molar-refractivity contribution in [2.24, 2.45) is 0 Å². The Morgan fingerprint density at radius 2 is 2.09 bits per heavy atom. The largest absolute Gasteiger partial charge is 0.444 e. The fraction of sp³-hybridized carbons (Fsp3) is 0.944. The van der Waals surface area contributed by atoms with Gasteiger partial charge in [-0.3, -0.25) is 0 Å². The van der Waals surface area contributed by atoms with Crippen molar-refractivity contribution in [2.75, 3.05) is 13.2 Å². The molecule has 2 aliphatic rings. The average Bonchev–Trinajstić information content (AvgIpc) is 2.82. The van der Waals surface area contributed by atoms with Crippen LogP contribution in [0.4, 0.5) is 4.79 Å². The zero-order valence-corrected chi connectivity index (χ0v) is 15.4. The predicted octanol–water partition coefficient (Wildman–Crippen LogP) is 3.32. The van der Waals surface area contributed by atoms with Gasteiger partial charge < -0.3 is 19.7 Å². The van der Waals surface area contributed by atoms with E-state index in [0.29, 0.717) is 12.1 Å². The predicted molar refractivity (Wildman–Crippen MR) is 91.6 cm³/mol. The normalized spacial score (nSPS) is 30.3. The standard InChI is InChI=1S/C18H34N2O3/c1-13(19-16-9-11-22-14(16)2)12-15-8-6-7-10-20(15)17(21)23-18(3,4)5/h13-16,19H,6-12H2,1-5H3. The maximum Gasteiger partial charge on any atom is 0.410 e. The smallest absolute Gasteiger partial charge is 0.410 e. The first kappa shape index (κ1) is 18.5. The Bertz CT molecular complexity index is 394. The van der Waals surface area contributed by atoms with Crippen molar-refractivity contribution in [3.05, 3.63) is 0 Å². The summed E-state index contributed by atoms with van der Waals surface area (Å²) in [6.45, 7) is 11.8. The van der Waals surface area contributed by atoms with Crippen molar-refractivity contribution in [3.63, 3.8) is 0 Å². The molecule has 23 heavy (non-hydrogen) atoms. The Hall–Kier alpha value is -0.810. The van der Waals surface area contributed by atoms with Crippen LogP contribution in [0.5, 0.6) is 0 Å². The van der Waals surface area contributed by atoms with E-state index in [0.717, 1.165) is 38.8 Å². The Morgan fingerprint density at radius 3 is 2.70 bits per heavy atom. The minimum Gasteiger partial charge on any atom is -0.444 e. The summed E-state index contributed by atoms with van der Waals surface area (Å²) in [4.78, 5) is 14.4. The average molecular weight is 326 g/mol. The van der Waals surface area contributed by atoms with Crippen LogP contribution in [0.25, 0.3) is 0 Å². The van der Waals surface area contributed by atoms with E-state index < -0.39 is 5.60 Å². The summed E-state index contributed by atoms with van der Waals surface area (Å²) < 4.78 is 11.2. The van der Waals surface area contributed by atoms with E-state index >= 15 is 0 Å². The Balaban J connectivity index is 1.88. The lowest BCUT2D eigenvalue weighted by Gasteiger charge is -2.38. The van der Waals surface area contributed by atoms with Gasteiger partial charge in [-0.2, -0.15) is 0 Å². The maximum absolute atomic E-state index is 12.5. The molecule has 0 aromatic rings. The molecule has 5 heteroatoms. The lowest BCUT2D eigenvalue weighted by Crippen LogP contribution is -2.49. The van der Waals surface area contributed by atoms with Crippen LogP contribution >= 0.6 is 0 Å². The summed E-state index contributed by atoms with van der Waals surface area (Å²) in [5.74, 6) is 0. The second-order valence-corrected chi connectivity index (χ2v) is 8.10. The van der Waals surface area contributed by atoms with E-state index in [1.807, 2.05) is 25.7 Å². The molecule has 2 aliphatic heterocycles. The third-order valence-corrected chi connectivity index (χ3v) is 4.76. The number of nitrogens with zero attached hydrogens (tertiary/aromatic N) is 1. The van der Waals surface area contributed by atoms with Crippen molar-refractivity contribution in [3.8, 4) is 0 Å². The monoisotopic (exact) mass is 326 g/mol. The molecule has 134 valence electrons. The van der Waals surface area contributed by atoms with Gasteiger partial charge in [0.05, 0.1) is 6.10 Å². The minimum absolute atomic E-state index is 0.160. The number of nitrogens with one attached hydrogen (secondary N) is 1. The van der Waals surface area contributed by atoms with E-state index in [4.69, 9.17) is 9.47 Å². The lowest BCUT2D eigenvalue weighted by atomic mass is 9.96. The molecule has 0 bridgehead atoms. The molecule has 4 unspecified atom stereocenters. The first-order valence-electron chi connectivity index (χ1n) is 9.13. The van der Waals surface area contributed by atoms with E-state index in [1.165, 1.54) is 6.42 Å². The highest BCUT2D eigenvalue weighted by molar-refractivity contribution is 5.68. The van der Waals surface area contributed by atoms with Crippen LogP contribution in [0.15, 0.2) is 0 Å². The summed E-state index contributed by atoms with van der Waals surface area (Å²) in [6, 6.07) is 1.08. The van der Waals surface area contributed by atoms with Gasteiger partial charge in [-0.1, -0.05) is 0 Å². The molecule has 2 rings (SSSR count). The van der Waals surface area contributed by atoms with Crippen LogP contribution in [0.2, 0.25) is 0 Å². The molecule has 0 spiro atoms. The summed E-state index contributed by atoms with van der Waals surface area (Å²) in [5, 5.41) is 3.68. The van der Waals surface area contributed by atoms with Crippen LogP contribution in [0, 0.1) is 0 Å². The zero-order valence-electron chi connectivity index (χ0n) is 15.4. The third kappa shape index (κ3) is 5.64. The highest BCUT2D eigenvalue weighted by atomic mass is 16.6. The van der Waals surface area contributed by atoms with Gasteiger partial charge in [-0.15, -0.1) is 0 Å². The molecule has 0 aromatic heterocycles. The molecule has 2 saturated heterocycles. The topological polar surface area (TPSA) is 50.8 Å². The Kier molecular flexibility index (Phi) is 6.32. The number of ether oxygens (including phenoxy) is 2. The number of likely N-dealkylation sites (tertiary alicyclic amines) is 1. The molecular formula is C18H34N2O3. The number of rotatable bonds is 4. The molecule has 0 aromatic carbocycles. The number of hydrogen-bond donors (Lipinski definition) is 1. The molecule has 0 saturated carbocycles. The van der Waals surface area contributed by atoms with Gasteiger partial charge in [0.2, 0.25) is 0 Å². The van der Waals surface area contributed by atoms with Crippen LogP contribution in [0.1, 0.15) is 66.7 Å². The van der Waals surface area contributed by atoms with E-state index in [-0.39, 0.29) is 18.2 Å². The van der Waals surface area contributed by atoms with Crippen molar-refractivity contribution in [2.45, 2.75) is 96.6 Å². The quantitative estimate of drug-likeness (QED) is 0.861. The Morgan fingerprint density at radius 1 is 1.35 bits per heavy atom.